The third-order valence-corrected chi connectivity index (χ3v) is 9.06. The van der Waals surface area contributed by atoms with Crippen molar-refractivity contribution in [3.8, 4) is 0 Å². The molecule has 0 unspecified atom stereocenters. The fraction of sp³-hybridized carbons (Fsp3) is 1.00. The van der Waals surface area contributed by atoms with E-state index in [0.717, 1.165) is 19.1 Å². The van der Waals surface area contributed by atoms with Gasteiger partial charge in [-0.05, 0) is 36.9 Å². The Hall–Kier alpha value is 0.137. The van der Waals surface area contributed by atoms with E-state index < -0.39 is 8.32 Å². The minimum absolute atomic E-state index is 0.839. The smallest absolute Gasteiger partial charge is 0.193 e. The second-order valence-electron chi connectivity index (χ2n) is 5.42. The van der Waals surface area contributed by atoms with Gasteiger partial charge in [0.1, 0.15) is 0 Å². The van der Waals surface area contributed by atoms with Crippen LogP contribution in [0, 0.1) is 5.92 Å². The first-order valence-corrected chi connectivity index (χ1v) is 9.92. The molecule has 1 rings (SSSR count). The Morgan fingerprint density at radius 2 is 1.71 bits per heavy atom. The minimum Gasteiger partial charge on any atom is -0.420 e. The Kier molecular flexibility index (Phi) is 7.40. The van der Waals surface area contributed by atoms with Crippen molar-refractivity contribution >= 4 is 8.32 Å². The van der Waals surface area contributed by atoms with Gasteiger partial charge in [-0.15, -0.1) is 0 Å². The summed E-state index contributed by atoms with van der Waals surface area (Å²) >= 11 is 0. The molecule has 102 valence electrons. The number of hydrogen-bond donors (Lipinski definition) is 0. The van der Waals surface area contributed by atoms with Crippen LogP contribution in [-0.4, -0.2) is 28.6 Å². The van der Waals surface area contributed by atoms with Crippen LogP contribution >= 0.6 is 0 Å². The highest BCUT2D eigenvalue weighted by Gasteiger charge is 2.29. The lowest BCUT2D eigenvalue weighted by molar-refractivity contribution is 0.0925. The number of hydrogen-bond acceptors (Lipinski definition) is 2. The van der Waals surface area contributed by atoms with Crippen LogP contribution in [0.15, 0.2) is 0 Å². The van der Waals surface area contributed by atoms with Crippen molar-refractivity contribution in [1.82, 2.24) is 0 Å². The van der Waals surface area contributed by atoms with Crippen LogP contribution in [-0.2, 0) is 9.16 Å². The standard InChI is InChI=1S/C14H30O2Si/c1-4-17(5-2,15-3)12-11-16-13-14-9-7-6-8-10-14/h14H,4-13H2,1-3H3. The van der Waals surface area contributed by atoms with Crippen LogP contribution in [0.4, 0.5) is 0 Å². The largest absolute Gasteiger partial charge is 0.420 e. The van der Waals surface area contributed by atoms with Crippen LogP contribution in [0.25, 0.3) is 0 Å². The Balaban J connectivity index is 2.13. The summed E-state index contributed by atoms with van der Waals surface area (Å²) in [5.74, 6) is 0.839. The predicted octanol–water partition coefficient (Wildman–Crippen LogP) is 4.22. The van der Waals surface area contributed by atoms with Crippen molar-refractivity contribution in [1.29, 1.82) is 0 Å². The van der Waals surface area contributed by atoms with Gasteiger partial charge in [0.05, 0.1) is 0 Å². The lowest BCUT2D eigenvalue weighted by atomic mass is 9.90. The number of ether oxygens (including phenoxy) is 1. The molecule has 17 heavy (non-hydrogen) atoms. The third kappa shape index (κ3) is 5.10. The van der Waals surface area contributed by atoms with Crippen LogP contribution < -0.4 is 0 Å². The molecule has 1 aliphatic carbocycles. The molecule has 0 aromatic carbocycles. The van der Waals surface area contributed by atoms with Crippen molar-refractivity contribution in [2.75, 3.05) is 20.3 Å². The first kappa shape index (κ1) is 15.2. The van der Waals surface area contributed by atoms with Gasteiger partial charge in [-0.1, -0.05) is 33.1 Å². The molecule has 0 bridgehead atoms. The summed E-state index contributed by atoms with van der Waals surface area (Å²) in [6, 6.07) is 3.60. The van der Waals surface area contributed by atoms with Gasteiger partial charge in [-0.2, -0.15) is 0 Å². The SMILES string of the molecule is CC[Si](CC)(CCOCC1CCCCC1)OC. The topological polar surface area (TPSA) is 18.5 Å². The molecular formula is C14H30O2Si. The number of rotatable bonds is 8. The second kappa shape index (κ2) is 8.28. The van der Waals surface area contributed by atoms with E-state index in [1.54, 1.807) is 0 Å². The summed E-state index contributed by atoms with van der Waals surface area (Å²) in [5.41, 5.74) is 0. The van der Waals surface area contributed by atoms with E-state index in [1.165, 1.54) is 50.2 Å². The molecule has 0 aromatic heterocycles. The monoisotopic (exact) mass is 258 g/mol. The molecule has 0 spiro atoms. The van der Waals surface area contributed by atoms with Gasteiger partial charge in [-0.3, -0.25) is 0 Å². The van der Waals surface area contributed by atoms with Crippen molar-refractivity contribution in [2.24, 2.45) is 5.92 Å². The molecule has 1 fully saturated rings. The fourth-order valence-electron chi connectivity index (χ4n) is 2.86. The van der Waals surface area contributed by atoms with Gasteiger partial charge in [0.25, 0.3) is 0 Å². The van der Waals surface area contributed by atoms with E-state index in [9.17, 15) is 0 Å². The zero-order valence-electron chi connectivity index (χ0n) is 12.0. The Morgan fingerprint density at radius 3 is 2.24 bits per heavy atom. The molecule has 0 heterocycles. The Bertz CT molecular complexity index is 178. The molecule has 0 amide bonds. The van der Waals surface area contributed by atoms with Gasteiger partial charge in [0, 0.05) is 20.3 Å². The summed E-state index contributed by atoms with van der Waals surface area (Å²) in [7, 11) is 0.460. The Morgan fingerprint density at radius 1 is 1.06 bits per heavy atom. The average molecular weight is 258 g/mol. The second-order valence-corrected chi connectivity index (χ2v) is 10.1. The van der Waals surface area contributed by atoms with Crippen molar-refractivity contribution in [2.45, 2.75) is 64.1 Å². The first-order valence-electron chi connectivity index (χ1n) is 7.39. The summed E-state index contributed by atoms with van der Waals surface area (Å²) in [4.78, 5) is 0. The molecule has 0 aliphatic heterocycles. The van der Waals surface area contributed by atoms with Crippen molar-refractivity contribution in [3.63, 3.8) is 0 Å². The molecule has 0 aromatic rings. The summed E-state index contributed by atoms with van der Waals surface area (Å²) in [6.07, 6.45) is 7.02. The van der Waals surface area contributed by atoms with Gasteiger partial charge < -0.3 is 9.16 Å². The van der Waals surface area contributed by atoms with E-state index in [2.05, 4.69) is 13.8 Å². The molecule has 3 heteroatoms. The predicted molar refractivity (Wildman–Crippen MR) is 75.9 cm³/mol. The normalized spacial score (nSPS) is 18.5. The molecular weight excluding hydrogens is 228 g/mol. The molecule has 0 atom stereocenters. The van der Waals surface area contributed by atoms with Crippen LogP contribution in [0.1, 0.15) is 46.0 Å². The van der Waals surface area contributed by atoms with Crippen molar-refractivity contribution in [3.05, 3.63) is 0 Å². The molecule has 2 nitrogen and oxygen atoms in total. The first-order chi connectivity index (χ1) is 8.26. The van der Waals surface area contributed by atoms with Gasteiger partial charge in [0.15, 0.2) is 8.32 Å². The quantitative estimate of drug-likeness (QED) is 0.479. The lowest BCUT2D eigenvalue weighted by Crippen LogP contribution is -2.36. The summed E-state index contributed by atoms with van der Waals surface area (Å²) in [5, 5.41) is 0. The van der Waals surface area contributed by atoms with Crippen LogP contribution in [0.3, 0.4) is 0 Å². The van der Waals surface area contributed by atoms with Crippen LogP contribution in [0.2, 0.25) is 18.1 Å². The third-order valence-electron chi connectivity index (χ3n) is 4.50. The summed E-state index contributed by atoms with van der Waals surface area (Å²) in [6.45, 7) is 6.43. The van der Waals surface area contributed by atoms with E-state index in [4.69, 9.17) is 9.16 Å². The highest BCUT2D eigenvalue weighted by molar-refractivity contribution is 6.73. The summed E-state index contributed by atoms with van der Waals surface area (Å²) < 4.78 is 11.7. The van der Waals surface area contributed by atoms with E-state index in [-0.39, 0.29) is 0 Å². The highest BCUT2D eigenvalue weighted by Crippen LogP contribution is 2.25. The zero-order valence-corrected chi connectivity index (χ0v) is 13.0. The van der Waals surface area contributed by atoms with E-state index in [0.29, 0.717) is 0 Å². The highest BCUT2D eigenvalue weighted by atomic mass is 28.4. The molecule has 0 saturated heterocycles. The lowest BCUT2D eigenvalue weighted by Gasteiger charge is -2.27. The molecule has 0 radical (unpaired) electrons. The van der Waals surface area contributed by atoms with Crippen molar-refractivity contribution < 1.29 is 9.16 Å². The fourth-order valence-corrected chi connectivity index (χ4v) is 5.36. The van der Waals surface area contributed by atoms with Crippen LogP contribution in [0.5, 0.6) is 0 Å². The van der Waals surface area contributed by atoms with Gasteiger partial charge in [-0.25, -0.2) is 0 Å². The average Bonchev–Trinajstić information content (AvgIpc) is 2.41. The molecule has 1 aliphatic rings. The van der Waals surface area contributed by atoms with E-state index in [1.807, 2.05) is 7.11 Å². The van der Waals surface area contributed by atoms with Gasteiger partial charge >= 0.3 is 0 Å². The minimum atomic E-state index is -1.43. The van der Waals surface area contributed by atoms with Gasteiger partial charge in [0.2, 0.25) is 0 Å². The zero-order chi connectivity index (χ0) is 12.6. The Labute approximate surface area is 108 Å². The van der Waals surface area contributed by atoms with E-state index >= 15 is 0 Å². The molecule has 0 N–H and O–H groups in total. The maximum Gasteiger partial charge on any atom is 0.193 e. The molecule has 1 saturated carbocycles. The maximum atomic E-state index is 5.89. The maximum absolute atomic E-state index is 5.89.